The van der Waals surface area contributed by atoms with Gasteiger partial charge in [-0.3, -0.25) is 0 Å². The minimum atomic E-state index is -0.330. The number of ether oxygens (including phenoxy) is 1. The summed E-state index contributed by atoms with van der Waals surface area (Å²) in [5.74, 6) is -0.330. The smallest absolute Gasteiger partial charge is 0.337 e. The maximum atomic E-state index is 11.7. The van der Waals surface area contributed by atoms with E-state index in [0.717, 1.165) is 11.1 Å². The van der Waals surface area contributed by atoms with E-state index < -0.39 is 0 Å². The molecular formula is C24H31NO2. The Morgan fingerprint density at radius 3 is 2.04 bits per heavy atom. The first-order valence-corrected chi connectivity index (χ1v) is 9.66. The monoisotopic (exact) mass is 365 g/mol. The molecule has 2 N–H and O–H groups in total. The summed E-state index contributed by atoms with van der Waals surface area (Å²) < 4.78 is 4.77. The molecule has 1 atom stereocenters. The molecule has 0 heterocycles. The van der Waals surface area contributed by atoms with E-state index in [1.54, 1.807) is 12.1 Å². The van der Waals surface area contributed by atoms with Crippen LogP contribution in [0.2, 0.25) is 0 Å². The SMILES string of the molecule is COC(=O)c1ccc(C(N)c2cc3c(cc2C)C(C)(C)CCC3(C)C)cc1. The van der Waals surface area contributed by atoms with Crippen molar-refractivity contribution in [3.8, 4) is 0 Å². The zero-order valence-corrected chi connectivity index (χ0v) is 17.3. The van der Waals surface area contributed by atoms with Crippen LogP contribution in [0.3, 0.4) is 0 Å². The Bertz CT molecular complexity index is 863. The summed E-state index contributed by atoms with van der Waals surface area (Å²) in [6.07, 6.45) is 2.38. The van der Waals surface area contributed by atoms with Crippen molar-refractivity contribution in [1.82, 2.24) is 0 Å². The number of hydrogen-bond donors (Lipinski definition) is 1. The molecule has 0 spiro atoms. The van der Waals surface area contributed by atoms with Gasteiger partial charge >= 0.3 is 5.97 Å². The van der Waals surface area contributed by atoms with Crippen molar-refractivity contribution < 1.29 is 9.53 Å². The van der Waals surface area contributed by atoms with E-state index in [2.05, 4.69) is 46.8 Å². The van der Waals surface area contributed by atoms with Crippen molar-refractivity contribution in [1.29, 1.82) is 0 Å². The van der Waals surface area contributed by atoms with Crippen LogP contribution in [0.1, 0.15) is 84.8 Å². The molecule has 0 aliphatic heterocycles. The average molecular weight is 366 g/mol. The molecule has 1 aliphatic carbocycles. The summed E-state index contributed by atoms with van der Waals surface area (Å²) in [4.78, 5) is 11.7. The summed E-state index contributed by atoms with van der Waals surface area (Å²) in [6.45, 7) is 11.5. The zero-order valence-electron chi connectivity index (χ0n) is 17.3. The summed E-state index contributed by atoms with van der Waals surface area (Å²) in [6, 6.07) is 11.8. The number of carbonyl (C=O) groups excluding carboxylic acids is 1. The highest BCUT2D eigenvalue weighted by Gasteiger charge is 2.37. The molecule has 144 valence electrons. The van der Waals surface area contributed by atoms with Gasteiger partial charge in [0.2, 0.25) is 0 Å². The summed E-state index contributed by atoms with van der Waals surface area (Å²) in [5, 5.41) is 0. The molecule has 0 saturated heterocycles. The van der Waals surface area contributed by atoms with Gasteiger partial charge in [0, 0.05) is 0 Å². The second kappa shape index (κ2) is 6.79. The highest BCUT2D eigenvalue weighted by atomic mass is 16.5. The van der Waals surface area contributed by atoms with Gasteiger partial charge in [-0.1, -0.05) is 52.0 Å². The predicted octanol–water partition coefficient (Wildman–Crippen LogP) is 5.18. The average Bonchev–Trinajstić information content (AvgIpc) is 2.64. The van der Waals surface area contributed by atoms with Crippen molar-refractivity contribution in [3.05, 3.63) is 69.8 Å². The second-order valence-electron chi connectivity index (χ2n) is 9.11. The van der Waals surface area contributed by atoms with E-state index in [1.807, 2.05) is 12.1 Å². The number of carbonyl (C=O) groups is 1. The first-order chi connectivity index (χ1) is 12.6. The molecule has 3 nitrogen and oxygen atoms in total. The molecule has 0 aromatic heterocycles. The summed E-state index contributed by atoms with van der Waals surface area (Å²) in [7, 11) is 1.39. The molecular weight excluding hydrogens is 334 g/mol. The standard InChI is InChI=1S/C24H31NO2/c1-15-13-19-20(24(4,5)12-11-23(19,2)3)14-18(15)21(25)16-7-9-17(10-8-16)22(26)27-6/h7-10,13-14,21H,11-12,25H2,1-6H3. The number of rotatable bonds is 3. The lowest BCUT2D eigenvalue weighted by atomic mass is 9.62. The van der Waals surface area contributed by atoms with Crippen LogP contribution in [0.25, 0.3) is 0 Å². The Balaban J connectivity index is 2.03. The number of nitrogens with two attached hydrogens (primary N) is 1. The Hall–Kier alpha value is -2.13. The van der Waals surface area contributed by atoms with Crippen LogP contribution in [-0.4, -0.2) is 13.1 Å². The number of hydrogen-bond acceptors (Lipinski definition) is 3. The van der Waals surface area contributed by atoms with Crippen molar-refractivity contribution in [3.63, 3.8) is 0 Å². The van der Waals surface area contributed by atoms with E-state index in [-0.39, 0.29) is 22.8 Å². The van der Waals surface area contributed by atoms with Gasteiger partial charge in [-0.05, 0) is 70.5 Å². The molecule has 2 aromatic rings. The fraction of sp³-hybridized carbons (Fsp3) is 0.458. The largest absolute Gasteiger partial charge is 0.465 e. The van der Waals surface area contributed by atoms with Gasteiger partial charge in [0.05, 0.1) is 18.7 Å². The number of fused-ring (bicyclic) bond motifs is 1. The molecule has 3 heteroatoms. The lowest BCUT2D eigenvalue weighted by Crippen LogP contribution is -2.34. The molecule has 0 amide bonds. The normalized spacial score (nSPS) is 18.5. The molecule has 27 heavy (non-hydrogen) atoms. The van der Waals surface area contributed by atoms with Crippen molar-refractivity contribution >= 4 is 5.97 Å². The van der Waals surface area contributed by atoms with Crippen molar-refractivity contribution in [2.75, 3.05) is 7.11 Å². The third-order valence-electron chi connectivity index (χ3n) is 6.27. The first-order valence-electron chi connectivity index (χ1n) is 9.66. The Morgan fingerprint density at radius 2 is 1.52 bits per heavy atom. The highest BCUT2D eigenvalue weighted by molar-refractivity contribution is 5.89. The molecule has 2 aromatic carbocycles. The maximum Gasteiger partial charge on any atom is 0.337 e. The van der Waals surface area contributed by atoms with Crippen molar-refractivity contribution in [2.45, 2.75) is 64.3 Å². The molecule has 0 radical (unpaired) electrons. The topological polar surface area (TPSA) is 52.3 Å². The van der Waals surface area contributed by atoms with Gasteiger partial charge < -0.3 is 10.5 Å². The highest BCUT2D eigenvalue weighted by Crippen LogP contribution is 2.47. The number of aryl methyl sites for hydroxylation is 1. The minimum absolute atomic E-state index is 0.155. The third-order valence-corrected chi connectivity index (χ3v) is 6.27. The van der Waals surface area contributed by atoms with Gasteiger partial charge in [0.25, 0.3) is 0 Å². The van der Waals surface area contributed by atoms with Crippen LogP contribution in [0.4, 0.5) is 0 Å². The van der Waals surface area contributed by atoms with Gasteiger partial charge in [0.15, 0.2) is 0 Å². The molecule has 1 aliphatic rings. The summed E-state index contributed by atoms with van der Waals surface area (Å²) >= 11 is 0. The van der Waals surface area contributed by atoms with Crippen LogP contribution in [0, 0.1) is 6.92 Å². The van der Waals surface area contributed by atoms with Crippen LogP contribution >= 0.6 is 0 Å². The molecule has 3 rings (SSSR count). The zero-order chi connectivity index (χ0) is 20.0. The van der Waals surface area contributed by atoms with Crippen molar-refractivity contribution in [2.24, 2.45) is 5.73 Å². The maximum absolute atomic E-state index is 11.7. The van der Waals surface area contributed by atoms with Crippen LogP contribution in [0.15, 0.2) is 36.4 Å². The van der Waals surface area contributed by atoms with Gasteiger partial charge in [-0.2, -0.15) is 0 Å². The summed E-state index contributed by atoms with van der Waals surface area (Å²) in [5.41, 5.74) is 13.8. The van der Waals surface area contributed by atoms with E-state index in [9.17, 15) is 4.79 Å². The van der Waals surface area contributed by atoms with E-state index >= 15 is 0 Å². The van der Waals surface area contributed by atoms with E-state index in [0.29, 0.717) is 5.56 Å². The van der Waals surface area contributed by atoms with Crippen LogP contribution < -0.4 is 5.73 Å². The predicted molar refractivity (Wildman–Crippen MR) is 110 cm³/mol. The van der Waals surface area contributed by atoms with Gasteiger partial charge in [-0.25, -0.2) is 4.79 Å². The lowest BCUT2D eigenvalue weighted by Gasteiger charge is -2.42. The third kappa shape index (κ3) is 3.53. The Labute approximate surface area is 162 Å². The number of methoxy groups -OCH3 is 1. The minimum Gasteiger partial charge on any atom is -0.465 e. The van der Waals surface area contributed by atoms with Crippen LogP contribution in [0.5, 0.6) is 0 Å². The number of esters is 1. The first kappa shape index (κ1) is 19.6. The second-order valence-corrected chi connectivity index (χ2v) is 9.11. The molecule has 0 fully saturated rings. The number of benzene rings is 2. The fourth-order valence-corrected chi connectivity index (χ4v) is 4.20. The van der Waals surface area contributed by atoms with Gasteiger partial charge in [0.1, 0.15) is 0 Å². The van der Waals surface area contributed by atoms with Crippen LogP contribution in [-0.2, 0) is 15.6 Å². The van der Waals surface area contributed by atoms with E-state index in [1.165, 1.54) is 36.6 Å². The fourth-order valence-electron chi connectivity index (χ4n) is 4.20. The molecule has 0 saturated carbocycles. The Morgan fingerprint density at radius 1 is 1.00 bits per heavy atom. The molecule has 0 bridgehead atoms. The quantitative estimate of drug-likeness (QED) is 0.763. The van der Waals surface area contributed by atoms with E-state index in [4.69, 9.17) is 10.5 Å². The van der Waals surface area contributed by atoms with Gasteiger partial charge in [-0.15, -0.1) is 0 Å². The Kier molecular flexibility index (Phi) is 4.94. The molecule has 1 unspecified atom stereocenters. The lowest BCUT2D eigenvalue weighted by molar-refractivity contribution is 0.0600.